The maximum atomic E-state index is 6.67. The molecule has 9 N–H and O–H groups in total. The quantitative estimate of drug-likeness (QED) is 0.165. The number of hydrogen-bond donors (Lipinski definition) is 8. The summed E-state index contributed by atoms with van der Waals surface area (Å²) in [6.07, 6.45) is 8.14. The Balaban J connectivity index is 1.91. The van der Waals surface area contributed by atoms with E-state index >= 15 is 0 Å². The Bertz CT molecular complexity index is 428. The molecule has 3 rings (SSSR count). The van der Waals surface area contributed by atoms with Crippen molar-refractivity contribution >= 4 is 6.21 Å². The smallest absolute Gasteiger partial charge is 0.0558 e. The van der Waals surface area contributed by atoms with Gasteiger partial charge in [-0.3, -0.25) is 0 Å². The van der Waals surface area contributed by atoms with Crippen LogP contribution in [0.15, 0.2) is 4.99 Å². The molecule has 0 saturated carbocycles. The minimum Gasteiger partial charge on any atom is -0.322 e. The molecule has 0 aromatic heterocycles. The van der Waals surface area contributed by atoms with Crippen molar-refractivity contribution < 1.29 is 0 Å². The van der Waals surface area contributed by atoms with Crippen molar-refractivity contribution in [1.82, 2.24) is 37.2 Å². The molecule has 3 saturated heterocycles. The van der Waals surface area contributed by atoms with Gasteiger partial charge in [-0.1, -0.05) is 12.8 Å². The van der Waals surface area contributed by atoms with Crippen LogP contribution in [-0.2, 0) is 0 Å². The topological polar surface area (TPSA) is 123 Å². The molecule has 9 heteroatoms. The first kappa shape index (κ1) is 26.6. The molecule has 0 unspecified atom stereocenters. The summed E-state index contributed by atoms with van der Waals surface area (Å²) >= 11 is 0. The number of rotatable bonds is 8. The first-order valence-corrected chi connectivity index (χ1v) is 12.4. The lowest BCUT2D eigenvalue weighted by Crippen LogP contribution is -2.66. The third-order valence-corrected chi connectivity index (χ3v) is 6.20. The molecule has 3 aliphatic rings. The van der Waals surface area contributed by atoms with Crippen LogP contribution in [0.25, 0.3) is 0 Å². The number of nitrogens with one attached hydrogen (secondary N) is 7. The molecule has 0 radical (unpaired) electrons. The average Bonchev–Trinajstić information content (AvgIpc) is 2.76. The summed E-state index contributed by atoms with van der Waals surface area (Å²) in [5.41, 5.74) is 6.40. The maximum Gasteiger partial charge on any atom is 0.0558 e. The Morgan fingerprint density at radius 2 is 1.16 bits per heavy atom. The second-order valence-corrected chi connectivity index (χ2v) is 9.27. The lowest BCUT2D eigenvalue weighted by atomic mass is 9.97. The highest BCUT2D eigenvalue weighted by molar-refractivity contribution is 5.56. The summed E-state index contributed by atoms with van der Waals surface area (Å²) < 4.78 is 0. The Morgan fingerprint density at radius 3 is 1.65 bits per heavy atom. The highest BCUT2D eigenvalue weighted by atomic mass is 15.1. The summed E-state index contributed by atoms with van der Waals surface area (Å²) in [4.78, 5) is 4.06. The summed E-state index contributed by atoms with van der Waals surface area (Å²) in [5, 5.41) is 25.6. The van der Waals surface area contributed by atoms with E-state index < -0.39 is 0 Å². The van der Waals surface area contributed by atoms with Crippen LogP contribution in [0.1, 0.15) is 32.1 Å². The van der Waals surface area contributed by atoms with Gasteiger partial charge >= 0.3 is 0 Å². The summed E-state index contributed by atoms with van der Waals surface area (Å²) in [5.74, 6) is 0. The summed E-state index contributed by atoms with van der Waals surface area (Å²) in [6.45, 7) is 11.9. The highest BCUT2D eigenvalue weighted by Gasteiger charge is 2.29. The number of aliphatic imine (C=N–C) groups is 1. The minimum atomic E-state index is -0.275. The highest BCUT2D eigenvalue weighted by Crippen LogP contribution is 2.06. The maximum absolute atomic E-state index is 6.67. The molecule has 3 heterocycles. The molecular formula is C22H49N9. The van der Waals surface area contributed by atoms with Crippen LogP contribution in [0.4, 0.5) is 0 Å². The number of hydrogen-bond acceptors (Lipinski definition) is 9. The molecule has 3 aliphatic heterocycles. The molecule has 31 heavy (non-hydrogen) atoms. The molecule has 2 bridgehead atoms. The van der Waals surface area contributed by atoms with Gasteiger partial charge in [0.25, 0.3) is 0 Å². The van der Waals surface area contributed by atoms with Gasteiger partial charge in [0.05, 0.1) is 11.1 Å². The van der Waals surface area contributed by atoms with E-state index in [2.05, 4.69) is 42.2 Å². The van der Waals surface area contributed by atoms with Crippen LogP contribution >= 0.6 is 0 Å². The second-order valence-electron chi connectivity index (χ2n) is 9.27. The fraction of sp³-hybridized carbons (Fsp3) is 0.955. The molecule has 0 atom stereocenters. The van der Waals surface area contributed by atoms with Crippen LogP contribution < -0.4 is 43.0 Å². The third-order valence-electron chi connectivity index (χ3n) is 6.20. The van der Waals surface area contributed by atoms with Gasteiger partial charge in [0.15, 0.2) is 0 Å². The SMILES string of the molecule is C/N=C\CCCCCCNC12CNCCNCC(N)(CNCCNC1)CNCCNC2. The Kier molecular flexibility index (Phi) is 13.8. The van der Waals surface area contributed by atoms with E-state index in [1.54, 1.807) is 0 Å². The number of unbranched alkanes of at least 4 members (excludes halogenated alkanes) is 4. The van der Waals surface area contributed by atoms with Crippen LogP contribution in [0.5, 0.6) is 0 Å². The zero-order valence-corrected chi connectivity index (χ0v) is 19.8. The van der Waals surface area contributed by atoms with Crippen molar-refractivity contribution in [2.45, 2.75) is 43.2 Å². The van der Waals surface area contributed by atoms with Gasteiger partial charge in [0.1, 0.15) is 0 Å². The van der Waals surface area contributed by atoms with Gasteiger partial charge in [-0.25, -0.2) is 0 Å². The van der Waals surface area contributed by atoms with Crippen molar-refractivity contribution in [2.75, 3.05) is 92.1 Å². The fourth-order valence-corrected chi connectivity index (χ4v) is 4.28. The molecule has 0 amide bonds. The fourth-order valence-electron chi connectivity index (χ4n) is 4.28. The largest absolute Gasteiger partial charge is 0.322 e. The van der Waals surface area contributed by atoms with Crippen LogP contribution in [-0.4, -0.2) is 109 Å². The summed E-state index contributed by atoms with van der Waals surface area (Å²) in [7, 11) is 1.85. The van der Waals surface area contributed by atoms with E-state index in [0.29, 0.717) is 0 Å². The van der Waals surface area contributed by atoms with Crippen molar-refractivity contribution in [3.8, 4) is 0 Å². The lowest BCUT2D eigenvalue weighted by molar-refractivity contribution is 0.269. The van der Waals surface area contributed by atoms with E-state index in [1.807, 2.05) is 13.3 Å². The van der Waals surface area contributed by atoms with E-state index in [-0.39, 0.29) is 11.1 Å². The first-order valence-electron chi connectivity index (χ1n) is 12.4. The number of nitrogens with two attached hydrogens (primary N) is 1. The predicted molar refractivity (Wildman–Crippen MR) is 132 cm³/mol. The molecule has 0 spiro atoms. The first-order chi connectivity index (χ1) is 15.2. The average molecular weight is 440 g/mol. The van der Waals surface area contributed by atoms with Gasteiger partial charge in [-0.05, 0) is 32.0 Å². The van der Waals surface area contributed by atoms with Gasteiger partial charge in [-0.2, -0.15) is 0 Å². The molecule has 182 valence electrons. The second kappa shape index (κ2) is 16.0. The van der Waals surface area contributed by atoms with Crippen molar-refractivity contribution in [3.05, 3.63) is 0 Å². The molecule has 9 nitrogen and oxygen atoms in total. The van der Waals surface area contributed by atoms with Gasteiger partial charge < -0.3 is 47.9 Å². The zero-order chi connectivity index (χ0) is 22.1. The third kappa shape index (κ3) is 11.7. The van der Waals surface area contributed by atoms with E-state index in [1.165, 1.54) is 25.7 Å². The Morgan fingerprint density at radius 1 is 0.710 bits per heavy atom. The molecule has 0 aliphatic carbocycles. The van der Waals surface area contributed by atoms with E-state index in [4.69, 9.17) is 5.73 Å². The van der Waals surface area contributed by atoms with Crippen LogP contribution in [0, 0.1) is 0 Å². The van der Waals surface area contributed by atoms with Gasteiger partial charge in [0, 0.05) is 85.6 Å². The van der Waals surface area contributed by atoms with Crippen molar-refractivity contribution in [3.63, 3.8) is 0 Å². The standard InChI is InChI=1S/C22H49N9/c1-24-7-5-3-2-4-6-8-31-22-18-28-12-9-25-15-21(23,16-26-10-13-29-19-22)17-27-11-14-30-20-22/h7,25-31H,2-6,8-20,23H2,1H3/b24-7-. The normalized spacial score (nSPS) is 30.3. The van der Waals surface area contributed by atoms with Crippen LogP contribution in [0.2, 0.25) is 0 Å². The molecular weight excluding hydrogens is 390 g/mol. The van der Waals surface area contributed by atoms with Crippen molar-refractivity contribution in [2.24, 2.45) is 10.7 Å². The van der Waals surface area contributed by atoms with E-state index in [0.717, 1.165) is 91.5 Å². The number of fused-ring (bicyclic) bond motifs is 15. The Hall–Kier alpha value is -0.650. The monoisotopic (exact) mass is 439 g/mol. The lowest BCUT2D eigenvalue weighted by Gasteiger charge is -2.37. The molecule has 0 aromatic rings. The van der Waals surface area contributed by atoms with Crippen LogP contribution in [0.3, 0.4) is 0 Å². The van der Waals surface area contributed by atoms with Gasteiger partial charge in [0.2, 0.25) is 0 Å². The predicted octanol–water partition coefficient (Wildman–Crippen LogP) is -1.77. The zero-order valence-electron chi connectivity index (χ0n) is 19.8. The number of nitrogens with zero attached hydrogens (tertiary/aromatic N) is 1. The Labute approximate surface area is 189 Å². The molecule has 0 aromatic carbocycles. The summed E-state index contributed by atoms with van der Waals surface area (Å²) in [6, 6.07) is 0. The minimum absolute atomic E-state index is 0.000722. The van der Waals surface area contributed by atoms with E-state index in [9.17, 15) is 0 Å². The van der Waals surface area contributed by atoms with Gasteiger partial charge in [-0.15, -0.1) is 0 Å². The molecule has 3 fully saturated rings. The van der Waals surface area contributed by atoms with Crippen molar-refractivity contribution in [1.29, 1.82) is 0 Å².